The fourth-order valence-corrected chi connectivity index (χ4v) is 3.50. The third kappa shape index (κ3) is 3.00. The Morgan fingerprint density at radius 2 is 2.25 bits per heavy atom. The molecule has 2 heterocycles. The zero-order valence-corrected chi connectivity index (χ0v) is 11.8. The van der Waals surface area contributed by atoms with Gasteiger partial charge in [0.05, 0.1) is 0 Å². The molecule has 6 heteroatoms. The highest BCUT2D eigenvalue weighted by Crippen LogP contribution is 2.28. The minimum Gasteiger partial charge on any atom is -0.342 e. The molecular formula is C14H23N5O. The van der Waals surface area contributed by atoms with Crippen molar-refractivity contribution < 1.29 is 4.79 Å². The molecule has 3 unspecified atom stereocenters. The summed E-state index contributed by atoms with van der Waals surface area (Å²) in [5.41, 5.74) is 5.92. The molecule has 3 rings (SSSR count). The van der Waals surface area contributed by atoms with Gasteiger partial charge in [-0.15, -0.1) is 0 Å². The van der Waals surface area contributed by atoms with Crippen LogP contribution in [-0.2, 0) is 11.3 Å². The van der Waals surface area contributed by atoms with Gasteiger partial charge in [0.1, 0.15) is 12.7 Å². The van der Waals surface area contributed by atoms with Crippen molar-refractivity contribution >= 4 is 5.91 Å². The molecule has 1 aliphatic heterocycles. The van der Waals surface area contributed by atoms with Crippen LogP contribution in [0.1, 0.15) is 32.1 Å². The molecule has 0 aromatic carbocycles. The van der Waals surface area contributed by atoms with Gasteiger partial charge in [-0.3, -0.25) is 9.48 Å². The number of carbonyl (C=O) groups is 1. The van der Waals surface area contributed by atoms with Crippen molar-refractivity contribution in [3.8, 4) is 0 Å². The van der Waals surface area contributed by atoms with Crippen molar-refractivity contribution in [2.45, 2.75) is 44.7 Å². The minimum atomic E-state index is 0.162. The van der Waals surface area contributed by atoms with E-state index in [9.17, 15) is 4.79 Å². The van der Waals surface area contributed by atoms with Crippen molar-refractivity contribution in [1.29, 1.82) is 0 Å². The summed E-state index contributed by atoms with van der Waals surface area (Å²) in [6, 6.07) is 0.222. The van der Waals surface area contributed by atoms with E-state index in [0.717, 1.165) is 51.7 Å². The molecule has 1 amide bonds. The Hall–Kier alpha value is -1.43. The van der Waals surface area contributed by atoms with Gasteiger partial charge in [-0.25, -0.2) is 4.98 Å². The predicted molar refractivity (Wildman–Crippen MR) is 74.6 cm³/mol. The molecule has 0 bridgehead atoms. The highest BCUT2D eigenvalue weighted by Gasteiger charge is 2.33. The van der Waals surface area contributed by atoms with Gasteiger partial charge in [0.15, 0.2) is 0 Å². The number of hydrogen-bond donors (Lipinski definition) is 1. The maximum Gasteiger partial charge on any atom is 0.225 e. The standard InChI is InChI=1S/C14H23N5O/c15-13-4-3-12(6-13)14(20)18-5-1-2-11(7-18)8-19-10-16-9-17-19/h9-13H,1-8,15H2. The number of carbonyl (C=O) groups excluding carboxylic acids is 1. The fraction of sp³-hybridized carbons (Fsp3) is 0.786. The van der Waals surface area contributed by atoms with Crippen molar-refractivity contribution in [2.24, 2.45) is 17.6 Å². The summed E-state index contributed by atoms with van der Waals surface area (Å²) < 4.78 is 1.87. The SMILES string of the molecule is NC1CCC(C(=O)N2CCCC(Cn3cncn3)C2)C1. The van der Waals surface area contributed by atoms with Crippen molar-refractivity contribution in [3.63, 3.8) is 0 Å². The third-order valence-corrected chi connectivity index (χ3v) is 4.56. The zero-order chi connectivity index (χ0) is 13.9. The number of nitrogens with two attached hydrogens (primary N) is 1. The number of hydrogen-bond acceptors (Lipinski definition) is 4. The molecule has 2 N–H and O–H groups in total. The Balaban J connectivity index is 1.56. The van der Waals surface area contributed by atoms with Crippen LogP contribution in [0.4, 0.5) is 0 Å². The maximum atomic E-state index is 12.5. The molecule has 1 aromatic heterocycles. The van der Waals surface area contributed by atoms with Crippen LogP contribution in [0.2, 0.25) is 0 Å². The van der Waals surface area contributed by atoms with Crippen LogP contribution in [0.15, 0.2) is 12.7 Å². The van der Waals surface area contributed by atoms with Gasteiger partial charge in [-0.2, -0.15) is 5.10 Å². The Bertz CT molecular complexity index is 446. The molecule has 110 valence electrons. The lowest BCUT2D eigenvalue weighted by Crippen LogP contribution is -2.43. The molecule has 1 saturated heterocycles. The molecule has 6 nitrogen and oxygen atoms in total. The molecule has 1 aliphatic carbocycles. The largest absolute Gasteiger partial charge is 0.342 e. The van der Waals surface area contributed by atoms with E-state index in [4.69, 9.17) is 5.73 Å². The first-order valence-corrected chi connectivity index (χ1v) is 7.59. The van der Waals surface area contributed by atoms with Gasteiger partial charge in [0.25, 0.3) is 0 Å². The van der Waals surface area contributed by atoms with E-state index in [1.165, 1.54) is 0 Å². The Morgan fingerprint density at radius 1 is 1.35 bits per heavy atom. The number of nitrogens with zero attached hydrogens (tertiary/aromatic N) is 4. The maximum absolute atomic E-state index is 12.5. The molecule has 2 fully saturated rings. The van der Waals surface area contributed by atoms with E-state index in [1.54, 1.807) is 12.7 Å². The monoisotopic (exact) mass is 277 g/mol. The fourth-order valence-electron chi connectivity index (χ4n) is 3.50. The molecular weight excluding hydrogens is 254 g/mol. The quantitative estimate of drug-likeness (QED) is 0.879. The number of aromatic nitrogens is 3. The highest BCUT2D eigenvalue weighted by molar-refractivity contribution is 5.79. The molecule has 1 saturated carbocycles. The van der Waals surface area contributed by atoms with E-state index in [2.05, 4.69) is 10.1 Å². The summed E-state index contributed by atoms with van der Waals surface area (Å²) in [5.74, 6) is 0.973. The number of piperidine rings is 1. The number of amides is 1. The number of rotatable bonds is 3. The molecule has 3 atom stereocenters. The van der Waals surface area contributed by atoms with Gasteiger partial charge in [0.2, 0.25) is 5.91 Å². The second kappa shape index (κ2) is 5.91. The van der Waals surface area contributed by atoms with Gasteiger partial charge >= 0.3 is 0 Å². The molecule has 0 radical (unpaired) electrons. The first-order chi connectivity index (χ1) is 9.72. The zero-order valence-electron chi connectivity index (χ0n) is 11.8. The lowest BCUT2D eigenvalue weighted by molar-refractivity contribution is -0.137. The van der Waals surface area contributed by atoms with E-state index in [-0.39, 0.29) is 12.0 Å². The van der Waals surface area contributed by atoms with E-state index < -0.39 is 0 Å². The van der Waals surface area contributed by atoms with Gasteiger partial charge in [-0.05, 0) is 38.0 Å². The molecule has 2 aliphatic rings. The van der Waals surface area contributed by atoms with Crippen molar-refractivity contribution in [1.82, 2.24) is 19.7 Å². The van der Waals surface area contributed by atoms with Crippen LogP contribution in [0.3, 0.4) is 0 Å². The summed E-state index contributed by atoms with van der Waals surface area (Å²) in [5, 5.41) is 4.15. The average Bonchev–Trinajstić information content (AvgIpc) is 3.10. The predicted octanol–water partition coefficient (Wildman–Crippen LogP) is 0.644. The van der Waals surface area contributed by atoms with Crippen molar-refractivity contribution in [3.05, 3.63) is 12.7 Å². The Kier molecular flexibility index (Phi) is 4.00. The Labute approximate surface area is 119 Å². The molecule has 1 aromatic rings. The second-order valence-electron chi connectivity index (χ2n) is 6.18. The van der Waals surface area contributed by atoms with E-state index >= 15 is 0 Å². The van der Waals surface area contributed by atoms with Crippen LogP contribution in [0, 0.1) is 11.8 Å². The first kappa shape index (κ1) is 13.5. The number of likely N-dealkylation sites (tertiary alicyclic amines) is 1. The molecule has 0 spiro atoms. The van der Waals surface area contributed by atoms with Crippen LogP contribution in [-0.4, -0.2) is 44.7 Å². The second-order valence-corrected chi connectivity index (χ2v) is 6.18. The minimum absolute atomic E-state index is 0.162. The summed E-state index contributed by atoms with van der Waals surface area (Å²) in [7, 11) is 0. The summed E-state index contributed by atoms with van der Waals surface area (Å²) in [6.07, 6.45) is 8.38. The highest BCUT2D eigenvalue weighted by atomic mass is 16.2. The summed E-state index contributed by atoms with van der Waals surface area (Å²) in [4.78, 5) is 18.5. The van der Waals surface area contributed by atoms with Crippen LogP contribution >= 0.6 is 0 Å². The van der Waals surface area contributed by atoms with Gasteiger partial charge in [-0.1, -0.05) is 0 Å². The van der Waals surface area contributed by atoms with Crippen LogP contribution in [0.25, 0.3) is 0 Å². The lowest BCUT2D eigenvalue weighted by Gasteiger charge is -2.34. The topological polar surface area (TPSA) is 77.0 Å². The summed E-state index contributed by atoms with van der Waals surface area (Å²) in [6.45, 7) is 2.61. The van der Waals surface area contributed by atoms with E-state index in [1.807, 2.05) is 9.58 Å². The van der Waals surface area contributed by atoms with E-state index in [0.29, 0.717) is 11.8 Å². The third-order valence-electron chi connectivity index (χ3n) is 4.56. The smallest absolute Gasteiger partial charge is 0.225 e. The Morgan fingerprint density at radius 3 is 2.95 bits per heavy atom. The first-order valence-electron chi connectivity index (χ1n) is 7.59. The average molecular weight is 277 g/mol. The van der Waals surface area contributed by atoms with Crippen molar-refractivity contribution in [2.75, 3.05) is 13.1 Å². The lowest BCUT2D eigenvalue weighted by atomic mass is 9.96. The van der Waals surface area contributed by atoms with Gasteiger partial charge in [0, 0.05) is 31.6 Å². The normalized spacial score (nSPS) is 30.6. The molecule has 20 heavy (non-hydrogen) atoms. The van der Waals surface area contributed by atoms with Crippen LogP contribution < -0.4 is 5.73 Å². The van der Waals surface area contributed by atoms with Gasteiger partial charge < -0.3 is 10.6 Å². The van der Waals surface area contributed by atoms with Crippen LogP contribution in [0.5, 0.6) is 0 Å². The summed E-state index contributed by atoms with van der Waals surface area (Å²) >= 11 is 0.